The van der Waals surface area contributed by atoms with Crippen LogP contribution < -0.4 is 0 Å². The number of nitrogens with zero attached hydrogens (tertiary/aromatic N) is 2. The van der Waals surface area contributed by atoms with Gasteiger partial charge < -0.3 is 9.67 Å². The third-order valence-corrected chi connectivity index (χ3v) is 3.13. The molecule has 78 valence electrons. The topological polar surface area (TPSA) is 38.0 Å². The fourth-order valence-electron chi connectivity index (χ4n) is 2.15. The highest BCUT2D eigenvalue weighted by atomic mass is 35.5. The zero-order chi connectivity index (χ0) is 10.4. The third kappa shape index (κ3) is 1.43. The van der Waals surface area contributed by atoms with Gasteiger partial charge in [-0.25, -0.2) is 4.98 Å². The van der Waals surface area contributed by atoms with Gasteiger partial charge in [0.05, 0.1) is 17.1 Å². The molecule has 1 atom stereocenters. The van der Waals surface area contributed by atoms with Gasteiger partial charge in [0.1, 0.15) is 5.82 Å². The lowest BCUT2D eigenvalue weighted by Gasteiger charge is -2.19. The lowest BCUT2D eigenvalue weighted by atomic mass is 10.1. The number of aromatic nitrogens is 2. The van der Waals surface area contributed by atoms with Crippen molar-refractivity contribution < 1.29 is 5.11 Å². The minimum absolute atomic E-state index is 0.246. The predicted molar refractivity (Wildman–Crippen MR) is 59.1 cm³/mol. The van der Waals surface area contributed by atoms with Gasteiger partial charge in [-0.2, -0.15) is 0 Å². The summed E-state index contributed by atoms with van der Waals surface area (Å²) >= 11 is 5.91. The summed E-state index contributed by atoms with van der Waals surface area (Å²) in [5.74, 6) is 0.964. The number of hydrogen-bond acceptors (Lipinski definition) is 2. The van der Waals surface area contributed by atoms with Crippen LogP contribution in [0.3, 0.4) is 0 Å². The van der Waals surface area contributed by atoms with Crippen LogP contribution in [-0.2, 0) is 13.0 Å². The van der Waals surface area contributed by atoms with E-state index in [4.69, 9.17) is 11.6 Å². The first-order chi connectivity index (χ1) is 7.24. The summed E-state index contributed by atoms with van der Waals surface area (Å²) in [5, 5.41) is 10.3. The molecule has 1 aromatic heterocycles. The van der Waals surface area contributed by atoms with E-state index in [1.54, 1.807) is 0 Å². The van der Waals surface area contributed by atoms with Gasteiger partial charge in [0.2, 0.25) is 0 Å². The standard InChI is InChI=1S/C11H11ClN2O/c12-7-1-2-10-9(5-7)13-11-6-8(15)3-4-14(10)11/h1-2,5,8,15H,3-4,6H2. The van der Waals surface area contributed by atoms with Crippen LogP contribution in [0.2, 0.25) is 5.02 Å². The van der Waals surface area contributed by atoms with Gasteiger partial charge in [-0.3, -0.25) is 0 Å². The predicted octanol–water partition coefficient (Wildman–Crippen LogP) is 2.00. The molecule has 0 bridgehead atoms. The quantitative estimate of drug-likeness (QED) is 0.741. The lowest BCUT2D eigenvalue weighted by Crippen LogP contribution is -2.23. The number of halogens is 1. The number of aliphatic hydroxyl groups excluding tert-OH is 1. The lowest BCUT2D eigenvalue weighted by molar-refractivity contribution is 0.142. The summed E-state index contributed by atoms with van der Waals surface area (Å²) in [7, 11) is 0. The summed E-state index contributed by atoms with van der Waals surface area (Å²) in [4.78, 5) is 4.48. The molecule has 1 unspecified atom stereocenters. The number of fused-ring (bicyclic) bond motifs is 3. The van der Waals surface area contributed by atoms with Crippen LogP contribution in [0.25, 0.3) is 11.0 Å². The summed E-state index contributed by atoms with van der Waals surface area (Å²) in [6.07, 6.45) is 1.21. The Balaban J connectivity index is 2.23. The number of aliphatic hydroxyl groups is 1. The zero-order valence-electron chi connectivity index (χ0n) is 8.15. The molecule has 15 heavy (non-hydrogen) atoms. The molecule has 3 nitrogen and oxygen atoms in total. The van der Waals surface area contributed by atoms with Crippen molar-refractivity contribution in [3.8, 4) is 0 Å². The van der Waals surface area contributed by atoms with Gasteiger partial charge in [0.15, 0.2) is 0 Å². The van der Waals surface area contributed by atoms with Crippen molar-refractivity contribution in [2.75, 3.05) is 0 Å². The maximum absolute atomic E-state index is 9.56. The highest BCUT2D eigenvalue weighted by molar-refractivity contribution is 6.31. The van der Waals surface area contributed by atoms with Gasteiger partial charge in [-0.05, 0) is 24.6 Å². The van der Waals surface area contributed by atoms with Crippen LogP contribution in [0, 0.1) is 0 Å². The highest BCUT2D eigenvalue weighted by Crippen LogP contribution is 2.24. The molecule has 0 saturated heterocycles. The summed E-state index contributed by atoms with van der Waals surface area (Å²) in [6.45, 7) is 0.842. The van der Waals surface area contributed by atoms with Crippen molar-refractivity contribution in [2.24, 2.45) is 0 Å². The molecule has 4 heteroatoms. The molecule has 0 amide bonds. The molecule has 0 aliphatic carbocycles. The van der Waals surface area contributed by atoms with E-state index in [1.165, 1.54) is 0 Å². The van der Waals surface area contributed by atoms with Crippen molar-refractivity contribution in [1.29, 1.82) is 0 Å². The molecule has 0 radical (unpaired) electrons. The Hall–Kier alpha value is -1.06. The average molecular weight is 223 g/mol. The molecule has 2 aromatic rings. The Morgan fingerprint density at radius 3 is 3.20 bits per heavy atom. The monoisotopic (exact) mass is 222 g/mol. The Labute approximate surface area is 92.3 Å². The maximum Gasteiger partial charge on any atom is 0.112 e. The van der Waals surface area contributed by atoms with Gasteiger partial charge in [-0.15, -0.1) is 0 Å². The van der Waals surface area contributed by atoms with Crippen LogP contribution in [0.5, 0.6) is 0 Å². The molecule has 1 aliphatic rings. The molecule has 0 fully saturated rings. The molecule has 0 spiro atoms. The van der Waals surface area contributed by atoms with Crippen LogP contribution >= 0.6 is 11.6 Å². The molecule has 0 saturated carbocycles. The second kappa shape index (κ2) is 3.22. The molecular formula is C11H11ClN2O. The van der Waals surface area contributed by atoms with Crippen molar-refractivity contribution in [2.45, 2.75) is 25.5 Å². The molecular weight excluding hydrogens is 212 g/mol. The van der Waals surface area contributed by atoms with Crippen LogP contribution in [0.1, 0.15) is 12.2 Å². The maximum atomic E-state index is 9.56. The number of imidazole rings is 1. The van der Waals surface area contributed by atoms with Gasteiger partial charge in [0, 0.05) is 18.0 Å². The minimum atomic E-state index is -0.246. The second-order valence-corrected chi connectivity index (χ2v) is 4.40. The first kappa shape index (κ1) is 9.19. The fraction of sp³-hybridized carbons (Fsp3) is 0.364. The first-order valence-corrected chi connectivity index (χ1v) is 5.44. The van der Waals surface area contributed by atoms with Gasteiger partial charge in [0.25, 0.3) is 0 Å². The Bertz CT molecular complexity index is 521. The third-order valence-electron chi connectivity index (χ3n) is 2.89. The van der Waals surface area contributed by atoms with Crippen molar-refractivity contribution in [1.82, 2.24) is 9.55 Å². The van der Waals surface area contributed by atoms with Gasteiger partial charge >= 0.3 is 0 Å². The SMILES string of the molecule is OC1CCn2c(nc3cc(Cl)ccc32)C1. The average Bonchev–Trinajstić information content (AvgIpc) is 2.53. The Morgan fingerprint density at radius 1 is 1.47 bits per heavy atom. The van der Waals surface area contributed by atoms with E-state index in [2.05, 4.69) is 9.55 Å². The fourth-order valence-corrected chi connectivity index (χ4v) is 2.32. The van der Waals surface area contributed by atoms with E-state index in [9.17, 15) is 5.11 Å². The van der Waals surface area contributed by atoms with E-state index in [1.807, 2.05) is 18.2 Å². The number of hydrogen-bond donors (Lipinski definition) is 1. The Morgan fingerprint density at radius 2 is 2.33 bits per heavy atom. The molecule has 1 aromatic carbocycles. The van der Waals surface area contributed by atoms with E-state index >= 15 is 0 Å². The van der Waals surface area contributed by atoms with Crippen LogP contribution in [-0.4, -0.2) is 20.8 Å². The summed E-state index contributed by atoms with van der Waals surface area (Å²) in [6, 6.07) is 5.74. The van der Waals surface area contributed by atoms with E-state index in [0.29, 0.717) is 11.4 Å². The zero-order valence-corrected chi connectivity index (χ0v) is 8.91. The van der Waals surface area contributed by atoms with Crippen LogP contribution in [0.15, 0.2) is 18.2 Å². The molecule has 3 rings (SSSR count). The molecule has 1 aliphatic heterocycles. The van der Waals surface area contributed by atoms with Crippen molar-refractivity contribution in [3.05, 3.63) is 29.0 Å². The largest absolute Gasteiger partial charge is 0.393 e. The smallest absolute Gasteiger partial charge is 0.112 e. The van der Waals surface area contributed by atoms with Crippen molar-refractivity contribution in [3.63, 3.8) is 0 Å². The number of aryl methyl sites for hydroxylation is 1. The van der Waals surface area contributed by atoms with E-state index in [0.717, 1.165) is 29.8 Å². The minimum Gasteiger partial charge on any atom is -0.393 e. The molecule has 2 heterocycles. The normalized spacial score (nSPS) is 20.5. The molecule has 1 N–H and O–H groups in total. The summed E-state index contributed by atoms with van der Waals surface area (Å²) in [5.41, 5.74) is 2.04. The van der Waals surface area contributed by atoms with E-state index in [-0.39, 0.29) is 6.10 Å². The van der Waals surface area contributed by atoms with E-state index < -0.39 is 0 Å². The first-order valence-electron chi connectivity index (χ1n) is 5.07. The Kier molecular flexibility index (Phi) is 1.97. The second-order valence-electron chi connectivity index (χ2n) is 3.96. The van der Waals surface area contributed by atoms with Crippen molar-refractivity contribution >= 4 is 22.6 Å². The van der Waals surface area contributed by atoms with Crippen LogP contribution in [0.4, 0.5) is 0 Å². The summed E-state index contributed by atoms with van der Waals surface area (Å²) < 4.78 is 2.17. The number of benzene rings is 1. The highest BCUT2D eigenvalue weighted by Gasteiger charge is 2.19. The number of rotatable bonds is 0. The van der Waals surface area contributed by atoms with Gasteiger partial charge in [-0.1, -0.05) is 11.6 Å².